The van der Waals surface area contributed by atoms with Crippen LogP contribution >= 0.6 is 0 Å². The molecule has 0 saturated heterocycles. The van der Waals surface area contributed by atoms with Gasteiger partial charge in [0.1, 0.15) is 0 Å². The Morgan fingerprint density at radius 1 is 1.09 bits per heavy atom. The van der Waals surface area contributed by atoms with E-state index in [0.717, 1.165) is 36.9 Å². The predicted molar refractivity (Wildman–Crippen MR) is 91.5 cm³/mol. The minimum Gasteiger partial charge on any atom is -0.378 e. The molecular formula is C17H24N4O2. The first-order valence-corrected chi connectivity index (χ1v) is 7.97. The van der Waals surface area contributed by atoms with Crippen molar-refractivity contribution in [2.24, 2.45) is 5.10 Å². The Balaban J connectivity index is 1.79. The number of hydrogen-bond acceptors (Lipinski definition) is 4. The Kier molecular flexibility index (Phi) is 6.14. The highest BCUT2D eigenvalue weighted by molar-refractivity contribution is 6.35. The molecule has 1 aromatic carbocycles. The number of hydrogen-bond donors (Lipinski definition) is 2. The molecule has 2 amide bonds. The number of carbonyl (C=O) groups is 2. The first-order chi connectivity index (χ1) is 11.1. The lowest BCUT2D eigenvalue weighted by molar-refractivity contribution is -0.139. The fraction of sp³-hybridized carbons (Fsp3) is 0.471. The van der Waals surface area contributed by atoms with Gasteiger partial charge in [0.2, 0.25) is 0 Å². The summed E-state index contributed by atoms with van der Waals surface area (Å²) in [6.07, 6.45) is 6.82. The Bertz CT molecular complexity index is 560. The second-order valence-corrected chi connectivity index (χ2v) is 5.99. The first-order valence-electron chi connectivity index (χ1n) is 7.97. The third kappa shape index (κ3) is 5.39. The highest BCUT2D eigenvalue weighted by Gasteiger charge is 2.19. The van der Waals surface area contributed by atoms with Gasteiger partial charge in [-0.1, -0.05) is 31.4 Å². The summed E-state index contributed by atoms with van der Waals surface area (Å²) in [6.45, 7) is 0. The molecule has 2 N–H and O–H groups in total. The second kappa shape index (κ2) is 8.31. The molecule has 23 heavy (non-hydrogen) atoms. The maximum atomic E-state index is 11.8. The van der Waals surface area contributed by atoms with Gasteiger partial charge in [-0.25, -0.2) is 5.43 Å². The molecular weight excluding hydrogens is 292 g/mol. The highest BCUT2D eigenvalue weighted by Crippen LogP contribution is 2.17. The minimum atomic E-state index is -0.725. The maximum absolute atomic E-state index is 11.8. The van der Waals surface area contributed by atoms with Crippen LogP contribution in [0.4, 0.5) is 5.69 Å². The van der Waals surface area contributed by atoms with Crippen LogP contribution in [0.2, 0.25) is 0 Å². The zero-order valence-corrected chi connectivity index (χ0v) is 13.7. The van der Waals surface area contributed by atoms with E-state index >= 15 is 0 Å². The third-order valence-corrected chi connectivity index (χ3v) is 3.94. The van der Waals surface area contributed by atoms with Crippen molar-refractivity contribution in [1.29, 1.82) is 0 Å². The molecule has 1 aromatic rings. The molecule has 1 aliphatic carbocycles. The van der Waals surface area contributed by atoms with E-state index in [-0.39, 0.29) is 6.04 Å². The smallest absolute Gasteiger partial charge is 0.329 e. The van der Waals surface area contributed by atoms with Gasteiger partial charge in [-0.2, -0.15) is 5.10 Å². The largest absolute Gasteiger partial charge is 0.378 e. The Morgan fingerprint density at radius 2 is 1.74 bits per heavy atom. The summed E-state index contributed by atoms with van der Waals surface area (Å²) in [5.41, 5.74) is 4.20. The maximum Gasteiger partial charge on any atom is 0.329 e. The van der Waals surface area contributed by atoms with Gasteiger partial charge in [-0.3, -0.25) is 9.59 Å². The van der Waals surface area contributed by atoms with E-state index in [9.17, 15) is 9.59 Å². The van der Waals surface area contributed by atoms with Crippen molar-refractivity contribution >= 4 is 23.7 Å². The number of carbonyl (C=O) groups excluding carboxylic acids is 2. The SMILES string of the molecule is CN(C)c1ccc(/C=N\NC(=O)C(=O)NC2CCCCC2)cc1. The lowest BCUT2D eigenvalue weighted by atomic mass is 9.95. The van der Waals surface area contributed by atoms with Crippen molar-refractivity contribution in [3.8, 4) is 0 Å². The van der Waals surface area contributed by atoms with E-state index in [1.807, 2.05) is 43.3 Å². The van der Waals surface area contributed by atoms with Gasteiger partial charge < -0.3 is 10.2 Å². The standard InChI is InChI=1S/C17H24N4O2/c1-21(2)15-10-8-13(9-11-15)12-18-20-17(23)16(22)19-14-6-4-3-5-7-14/h8-12,14H,3-7H2,1-2H3,(H,19,22)(H,20,23)/b18-12-. The molecule has 1 aliphatic rings. The molecule has 124 valence electrons. The van der Waals surface area contributed by atoms with Crippen LogP contribution in [0.25, 0.3) is 0 Å². The predicted octanol–water partition coefficient (Wildman–Crippen LogP) is 1.65. The first kappa shape index (κ1) is 17.0. The summed E-state index contributed by atoms with van der Waals surface area (Å²) in [7, 11) is 3.93. The summed E-state index contributed by atoms with van der Waals surface area (Å²) in [5, 5.41) is 6.59. The molecule has 1 fully saturated rings. The fourth-order valence-corrected chi connectivity index (χ4v) is 2.57. The normalized spacial score (nSPS) is 15.4. The summed E-state index contributed by atoms with van der Waals surface area (Å²) >= 11 is 0. The van der Waals surface area contributed by atoms with Gasteiger partial charge in [0, 0.05) is 25.8 Å². The minimum absolute atomic E-state index is 0.115. The second-order valence-electron chi connectivity index (χ2n) is 5.99. The van der Waals surface area contributed by atoms with Crippen molar-refractivity contribution in [1.82, 2.24) is 10.7 Å². The summed E-state index contributed by atoms with van der Waals surface area (Å²) in [5.74, 6) is -1.34. The van der Waals surface area contributed by atoms with Crippen molar-refractivity contribution in [3.05, 3.63) is 29.8 Å². The molecule has 0 radical (unpaired) electrons. The van der Waals surface area contributed by atoms with Gasteiger partial charge >= 0.3 is 11.8 Å². The molecule has 0 aliphatic heterocycles. The lowest BCUT2D eigenvalue weighted by Gasteiger charge is -2.22. The fourth-order valence-electron chi connectivity index (χ4n) is 2.57. The van der Waals surface area contributed by atoms with Crippen molar-refractivity contribution in [3.63, 3.8) is 0 Å². The van der Waals surface area contributed by atoms with Crippen LogP contribution in [-0.2, 0) is 9.59 Å². The van der Waals surface area contributed by atoms with Crippen molar-refractivity contribution in [2.75, 3.05) is 19.0 Å². The van der Waals surface area contributed by atoms with Gasteiger partial charge in [-0.15, -0.1) is 0 Å². The van der Waals surface area contributed by atoms with E-state index in [2.05, 4.69) is 15.8 Å². The zero-order valence-electron chi connectivity index (χ0n) is 13.7. The Labute approximate surface area is 136 Å². The van der Waals surface area contributed by atoms with Crippen LogP contribution in [0, 0.1) is 0 Å². The number of rotatable bonds is 4. The molecule has 0 spiro atoms. The number of amides is 2. The number of benzene rings is 1. The molecule has 0 unspecified atom stereocenters. The third-order valence-electron chi connectivity index (χ3n) is 3.94. The van der Waals surface area contributed by atoms with E-state index in [1.165, 1.54) is 12.6 Å². The number of nitrogens with one attached hydrogen (secondary N) is 2. The van der Waals surface area contributed by atoms with Crippen LogP contribution in [0.5, 0.6) is 0 Å². The van der Waals surface area contributed by atoms with Gasteiger partial charge in [0.25, 0.3) is 0 Å². The molecule has 6 heteroatoms. The molecule has 0 atom stereocenters. The summed E-state index contributed by atoms with van der Waals surface area (Å²) in [6, 6.07) is 7.82. The monoisotopic (exact) mass is 316 g/mol. The van der Waals surface area contributed by atoms with Crippen LogP contribution < -0.4 is 15.6 Å². The Morgan fingerprint density at radius 3 is 2.35 bits per heavy atom. The van der Waals surface area contributed by atoms with Crippen LogP contribution in [0.1, 0.15) is 37.7 Å². The molecule has 0 aromatic heterocycles. The van der Waals surface area contributed by atoms with Crippen molar-refractivity contribution in [2.45, 2.75) is 38.1 Å². The number of nitrogens with zero attached hydrogens (tertiary/aromatic N) is 2. The molecule has 2 rings (SSSR count). The van der Waals surface area contributed by atoms with E-state index < -0.39 is 11.8 Å². The number of anilines is 1. The molecule has 0 heterocycles. The van der Waals surface area contributed by atoms with Gasteiger partial charge in [0.15, 0.2) is 0 Å². The van der Waals surface area contributed by atoms with Crippen LogP contribution in [-0.4, -0.2) is 38.2 Å². The average molecular weight is 316 g/mol. The lowest BCUT2D eigenvalue weighted by Crippen LogP contribution is -2.44. The van der Waals surface area contributed by atoms with E-state index in [0.29, 0.717) is 0 Å². The van der Waals surface area contributed by atoms with Gasteiger partial charge in [0.05, 0.1) is 6.21 Å². The van der Waals surface area contributed by atoms with E-state index in [4.69, 9.17) is 0 Å². The Hall–Kier alpha value is -2.37. The topological polar surface area (TPSA) is 73.8 Å². The van der Waals surface area contributed by atoms with Gasteiger partial charge in [-0.05, 0) is 30.5 Å². The van der Waals surface area contributed by atoms with Crippen LogP contribution in [0.3, 0.4) is 0 Å². The quantitative estimate of drug-likeness (QED) is 0.504. The molecule has 6 nitrogen and oxygen atoms in total. The molecule has 0 bridgehead atoms. The van der Waals surface area contributed by atoms with Crippen molar-refractivity contribution < 1.29 is 9.59 Å². The number of hydrazone groups is 1. The highest BCUT2D eigenvalue weighted by atomic mass is 16.2. The zero-order chi connectivity index (χ0) is 16.7. The van der Waals surface area contributed by atoms with Crippen LogP contribution in [0.15, 0.2) is 29.4 Å². The molecule has 1 saturated carbocycles. The average Bonchev–Trinajstić information content (AvgIpc) is 2.56. The van der Waals surface area contributed by atoms with E-state index in [1.54, 1.807) is 0 Å². The summed E-state index contributed by atoms with van der Waals surface area (Å²) < 4.78 is 0. The summed E-state index contributed by atoms with van der Waals surface area (Å²) in [4.78, 5) is 25.5.